The molecule has 0 aliphatic rings. The maximum absolute atomic E-state index is 12.1. The highest BCUT2D eigenvalue weighted by atomic mass is 16.5. The lowest BCUT2D eigenvalue weighted by atomic mass is 10.0. The van der Waals surface area contributed by atoms with Crippen LogP contribution in [0.2, 0.25) is 0 Å². The smallest absolute Gasteiger partial charge is 0.308 e. The van der Waals surface area contributed by atoms with Gasteiger partial charge in [0.15, 0.2) is 0 Å². The SMILES string of the molecule is CCCC(CNC(=O)CNC(=O)c1ccccc1OCC)C(=O)O. The van der Waals surface area contributed by atoms with Gasteiger partial charge in [-0.05, 0) is 25.5 Å². The molecule has 0 aliphatic carbocycles. The number of para-hydroxylation sites is 1. The van der Waals surface area contributed by atoms with Crippen LogP contribution in [0, 0.1) is 5.92 Å². The van der Waals surface area contributed by atoms with Crippen LogP contribution in [0.3, 0.4) is 0 Å². The maximum atomic E-state index is 12.1. The summed E-state index contributed by atoms with van der Waals surface area (Å²) >= 11 is 0. The average molecular weight is 336 g/mol. The van der Waals surface area contributed by atoms with Crippen molar-refractivity contribution in [1.29, 1.82) is 0 Å². The molecule has 1 unspecified atom stereocenters. The molecule has 3 N–H and O–H groups in total. The normalized spacial score (nSPS) is 11.4. The van der Waals surface area contributed by atoms with Crippen LogP contribution in [0.15, 0.2) is 24.3 Å². The van der Waals surface area contributed by atoms with Crippen LogP contribution in [0.5, 0.6) is 5.75 Å². The molecule has 132 valence electrons. The van der Waals surface area contributed by atoms with Gasteiger partial charge < -0.3 is 20.5 Å². The highest BCUT2D eigenvalue weighted by molar-refractivity contribution is 5.98. The molecule has 2 amide bonds. The number of carboxylic acid groups (broad SMARTS) is 1. The molecule has 0 radical (unpaired) electrons. The van der Waals surface area contributed by atoms with Gasteiger partial charge >= 0.3 is 5.97 Å². The average Bonchev–Trinajstić information content (AvgIpc) is 2.57. The van der Waals surface area contributed by atoms with Crippen LogP contribution in [0.25, 0.3) is 0 Å². The predicted octanol–water partition coefficient (Wildman–Crippen LogP) is 1.43. The molecule has 1 atom stereocenters. The molecule has 0 spiro atoms. The van der Waals surface area contributed by atoms with Gasteiger partial charge in [0.25, 0.3) is 5.91 Å². The van der Waals surface area contributed by atoms with E-state index in [9.17, 15) is 14.4 Å². The summed E-state index contributed by atoms with van der Waals surface area (Å²) in [5, 5.41) is 14.1. The standard InChI is InChI=1S/C17H24N2O5/c1-3-7-12(17(22)23)10-18-15(20)11-19-16(21)13-8-5-6-9-14(13)24-4-2/h5-6,8-9,12H,3-4,7,10-11H2,1-2H3,(H,18,20)(H,19,21)(H,22,23). The largest absolute Gasteiger partial charge is 0.493 e. The van der Waals surface area contributed by atoms with E-state index < -0.39 is 23.7 Å². The number of carbonyl (C=O) groups excluding carboxylic acids is 2. The van der Waals surface area contributed by atoms with E-state index in [2.05, 4.69) is 10.6 Å². The van der Waals surface area contributed by atoms with Gasteiger partial charge in [-0.3, -0.25) is 14.4 Å². The van der Waals surface area contributed by atoms with Crippen molar-refractivity contribution in [3.63, 3.8) is 0 Å². The lowest BCUT2D eigenvalue weighted by molar-refractivity contribution is -0.141. The number of nitrogens with one attached hydrogen (secondary N) is 2. The first kappa shape index (κ1) is 19.5. The third-order valence-electron chi connectivity index (χ3n) is 3.37. The summed E-state index contributed by atoms with van der Waals surface area (Å²) in [5.74, 6) is -1.95. The Morgan fingerprint density at radius 3 is 2.50 bits per heavy atom. The molecule has 1 aromatic carbocycles. The van der Waals surface area contributed by atoms with Crippen LogP contribution in [0.1, 0.15) is 37.0 Å². The van der Waals surface area contributed by atoms with E-state index in [4.69, 9.17) is 9.84 Å². The van der Waals surface area contributed by atoms with Crippen molar-refractivity contribution in [2.24, 2.45) is 5.92 Å². The first-order chi connectivity index (χ1) is 11.5. The Morgan fingerprint density at radius 2 is 1.88 bits per heavy atom. The highest BCUT2D eigenvalue weighted by Crippen LogP contribution is 2.17. The van der Waals surface area contributed by atoms with E-state index in [1.54, 1.807) is 24.3 Å². The fourth-order valence-corrected chi connectivity index (χ4v) is 2.15. The lowest BCUT2D eigenvalue weighted by Crippen LogP contribution is -2.40. The Bertz CT molecular complexity index is 574. The number of carboxylic acids is 1. The Morgan fingerprint density at radius 1 is 1.17 bits per heavy atom. The Balaban J connectivity index is 2.49. The van der Waals surface area contributed by atoms with Crippen LogP contribution in [-0.2, 0) is 9.59 Å². The minimum atomic E-state index is -0.938. The summed E-state index contributed by atoms with van der Waals surface area (Å²) in [5.41, 5.74) is 0.349. The third-order valence-corrected chi connectivity index (χ3v) is 3.37. The second kappa shape index (κ2) is 10.3. The van der Waals surface area contributed by atoms with Crippen LogP contribution < -0.4 is 15.4 Å². The number of rotatable bonds is 10. The molecular weight excluding hydrogens is 312 g/mol. The van der Waals surface area contributed by atoms with E-state index >= 15 is 0 Å². The number of benzene rings is 1. The molecule has 0 aliphatic heterocycles. The van der Waals surface area contributed by atoms with Crippen molar-refractivity contribution < 1.29 is 24.2 Å². The quantitative estimate of drug-likeness (QED) is 0.599. The number of hydrogen-bond acceptors (Lipinski definition) is 4. The molecule has 0 aromatic heterocycles. The second-order valence-electron chi connectivity index (χ2n) is 5.24. The van der Waals surface area contributed by atoms with Crippen LogP contribution in [-0.4, -0.2) is 42.6 Å². The van der Waals surface area contributed by atoms with Crippen molar-refractivity contribution >= 4 is 17.8 Å². The minimum absolute atomic E-state index is 0.0490. The van der Waals surface area contributed by atoms with E-state index in [0.717, 1.165) is 6.42 Å². The van der Waals surface area contributed by atoms with Gasteiger partial charge in [0.2, 0.25) is 5.91 Å². The van der Waals surface area contributed by atoms with Gasteiger partial charge in [-0.1, -0.05) is 25.5 Å². The summed E-state index contributed by atoms with van der Waals surface area (Å²) in [6.07, 6.45) is 1.21. The number of aliphatic carboxylic acids is 1. The predicted molar refractivity (Wildman–Crippen MR) is 89.0 cm³/mol. The first-order valence-electron chi connectivity index (χ1n) is 7.99. The number of carbonyl (C=O) groups is 3. The molecule has 1 rings (SSSR count). The summed E-state index contributed by atoms with van der Waals surface area (Å²) in [6.45, 7) is 3.95. The van der Waals surface area contributed by atoms with E-state index in [1.807, 2.05) is 13.8 Å². The highest BCUT2D eigenvalue weighted by Gasteiger charge is 2.18. The molecular formula is C17H24N2O5. The zero-order valence-corrected chi connectivity index (χ0v) is 14.0. The summed E-state index contributed by atoms with van der Waals surface area (Å²) < 4.78 is 5.37. The molecule has 7 heteroatoms. The van der Waals surface area contributed by atoms with Gasteiger partial charge in [-0.2, -0.15) is 0 Å². The molecule has 0 saturated heterocycles. The van der Waals surface area contributed by atoms with E-state index in [1.165, 1.54) is 0 Å². The molecule has 7 nitrogen and oxygen atoms in total. The Labute approximate surface area is 141 Å². The molecule has 1 aromatic rings. The topological polar surface area (TPSA) is 105 Å². The van der Waals surface area contributed by atoms with E-state index in [-0.39, 0.29) is 13.1 Å². The van der Waals surface area contributed by atoms with Crippen molar-refractivity contribution in [3.8, 4) is 5.75 Å². The number of amides is 2. The van der Waals surface area contributed by atoms with Crippen molar-refractivity contribution in [2.45, 2.75) is 26.7 Å². The van der Waals surface area contributed by atoms with Crippen molar-refractivity contribution in [3.05, 3.63) is 29.8 Å². The maximum Gasteiger partial charge on any atom is 0.308 e. The van der Waals surface area contributed by atoms with Gasteiger partial charge in [0.1, 0.15) is 5.75 Å². The zero-order chi connectivity index (χ0) is 17.9. The fraction of sp³-hybridized carbons (Fsp3) is 0.471. The molecule has 0 bridgehead atoms. The summed E-state index contributed by atoms with van der Waals surface area (Å²) in [7, 11) is 0. The monoisotopic (exact) mass is 336 g/mol. The molecule has 24 heavy (non-hydrogen) atoms. The second-order valence-corrected chi connectivity index (χ2v) is 5.24. The summed E-state index contributed by atoms with van der Waals surface area (Å²) in [4.78, 5) is 34.9. The number of hydrogen-bond donors (Lipinski definition) is 3. The lowest BCUT2D eigenvalue weighted by Gasteiger charge is -2.13. The van der Waals surface area contributed by atoms with Crippen LogP contribution >= 0.6 is 0 Å². The minimum Gasteiger partial charge on any atom is -0.493 e. The Kier molecular flexibility index (Phi) is 8.32. The zero-order valence-electron chi connectivity index (χ0n) is 14.0. The third kappa shape index (κ3) is 6.28. The first-order valence-corrected chi connectivity index (χ1v) is 7.99. The van der Waals surface area contributed by atoms with Crippen molar-refractivity contribution in [1.82, 2.24) is 10.6 Å². The molecule has 0 saturated carbocycles. The van der Waals surface area contributed by atoms with Gasteiger partial charge in [-0.25, -0.2) is 0 Å². The van der Waals surface area contributed by atoms with Gasteiger partial charge in [0, 0.05) is 6.54 Å². The Hall–Kier alpha value is -2.57. The van der Waals surface area contributed by atoms with Crippen molar-refractivity contribution in [2.75, 3.05) is 19.7 Å². The van der Waals surface area contributed by atoms with Gasteiger partial charge in [0.05, 0.1) is 24.6 Å². The summed E-state index contributed by atoms with van der Waals surface area (Å²) in [6, 6.07) is 6.76. The molecule has 0 fully saturated rings. The fourth-order valence-electron chi connectivity index (χ4n) is 2.15. The van der Waals surface area contributed by atoms with E-state index in [0.29, 0.717) is 24.3 Å². The van der Waals surface area contributed by atoms with Crippen LogP contribution in [0.4, 0.5) is 0 Å². The number of ether oxygens (including phenoxy) is 1. The molecule has 0 heterocycles. The van der Waals surface area contributed by atoms with Gasteiger partial charge in [-0.15, -0.1) is 0 Å².